The number of rotatable bonds is 1. The zero-order chi connectivity index (χ0) is 10.8. The van der Waals surface area contributed by atoms with Crippen LogP contribution in [0, 0.1) is 10.1 Å². The van der Waals surface area contributed by atoms with Crippen molar-refractivity contribution in [2.45, 2.75) is 19.3 Å². The predicted molar refractivity (Wildman–Crippen MR) is 58.1 cm³/mol. The van der Waals surface area contributed by atoms with Gasteiger partial charge in [0.05, 0.1) is 4.92 Å². The normalized spacial score (nSPS) is 20.5. The van der Waals surface area contributed by atoms with Crippen molar-refractivity contribution in [2.75, 3.05) is 13.1 Å². The Labute approximate surface area is 88.5 Å². The van der Waals surface area contributed by atoms with Crippen molar-refractivity contribution < 1.29 is 4.92 Å². The summed E-state index contributed by atoms with van der Waals surface area (Å²) in [6.07, 6.45) is 0.956. The molecule has 0 saturated carbocycles. The van der Waals surface area contributed by atoms with E-state index >= 15 is 0 Å². The van der Waals surface area contributed by atoms with Gasteiger partial charge in [-0.2, -0.15) is 0 Å². The highest BCUT2D eigenvalue weighted by Crippen LogP contribution is 2.26. The lowest BCUT2D eigenvalue weighted by molar-refractivity contribution is -0.384. The van der Waals surface area contributed by atoms with E-state index in [1.54, 1.807) is 12.1 Å². The van der Waals surface area contributed by atoms with E-state index in [0.717, 1.165) is 25.1 Å². The van der Waals surface area contributed by atoms with E-state index in [1.165, 1.54) is 5.56 Å². The minimum absolute atomic E-state index is 0.197. The number of nitro benzene ring substituents is 1. The van der Waals surface area contributed by atoms with Crippen molar-refractivity contribution in [2.24, 2.45) is 0 Å². The lowest BCUT2D eigenvalue weighted by atomic mass is 9.95. The highest BCUT2D eigenvalue weighted by atomic mass is 16.6. The second kappa shape index (κ2) is 3.98. The van der Waals surface area contributed by atoms with E-state index in [9.17, 15) is 10.1 Å². The number of nitro groups is 1. The topological polar surface area (TPSA) is 55.2 Å². The lowest BCUT2D eigenvalue weighted by Crippen LogP contribution is -2.18. The molecule has 1 heterocycles. The van der Waals surface area contributed by atoms with Crippen LogP contribution in [0.15, 0.2) is 18.2 Å². The number of benzene rings is 1. The molecule has 0 bridgehead atoms. The standard InChI is InChI=1S/C11H14N2O2/c1-8-7-12-5-4-9-2-3-10(13(14)15)6-11(8)9/h2-3,6,8,12H,4-5,7H2,1H3. The molecule has 1 atom stereocenters. The van der Waals surface area contributed by atoms with Crippen LogP contribution in [0.2, 0.25) is 0 Å². The SMILES string of the molecule is CC1CNCCc2ccc([N+](=O)[O-])cc21. The minimum Gasteiger partial charge on any atom is -0.316 e. The predicted octanol–water partition coefficient (Wildman–Crippen LogP) is 1.84. The molecule has 0 spiro atoms. The van der Waals surface area contributed by atoms with Crippen LogP contribution >= 0.6 is 0 Å². The van der Waals surface area contributed by atoms with Crippen LogP contribution in [0.1, 0.15) is 24.0 Å². The van der Waals surface area contributed by atoms with E-state index in [1.807, 2.05) is 6.07 Å². The molecule has 0 aliphatic carbocycles. The number of nitrogens with one attached hydrogen (secondary N) is 1. The van der Waals surface area contributed by atoms with Gasteiger partial charge in [0, 0.05) is 18.7 Å². The van der Waals surface area contributed by atoms with E-state index in [2.05, 4.69) is 12.2 Å². The molecule has 1 aromatic carbocycles. The van der Waals surface area contributed by atoms with Gasteiger partial charge < -0.3 is 5.32 Å². The van der Waals surface area contributed by atoms with E-state index in [4.69, 9.17) is 0 Å². The van der Waals surface area contributed by atoms with Crippen molar-refractivity contribution in [3.63, 3.8) is 0 Å². The average Bonchev–Trinajstić information content (AvgIpc) is 2.40. The monoisotopic (exact) mass is 206 g/mol. The lowest BCUT2D eigenvalue weighted by Gasteiger charge is -2.11. The van der Waals surface area contributed by atoms with Gasteiger partial charge in [0.15, 0.2) is 0 Å². The van der Waals surface area contributed by atoms with Gasteiger partial charge in [-0.3, -0.25) is 10.1 Å². The van der Waals surface area contributed by atoms with Crippen LogP contribution in [0.4, 0.5) is 5.69 Å². The van der Waals surface area contributed by atoms with Gasteiger partial charge in [-0.15, -0.1) is 0 Å². The molecule has 0 amide bonds. The van der Waals surface area contributed by atoms with E-state index in [-0.39, 0.29) is 10.6 Å². The first-order valence-electron chi connectivity index (χ1n) is 5.16. The van der Waals surface area contributed by atoms with Crippen LogP contribution in [-0.4, -0.2) is 18.0 Å². The van der Waals surface area contributed by atoms with E-state index < -0.39 is 0 Å². The molecule has 80 valence electrons. The molecule has 0 radical (unpaired) electrons. The van der Waals surface area contributed by atoms with Crippen molar-refractivity contribution >= 4 is 5.69 Å². The quantitative estimate of drug-likeness (QED) is 0.563. The first-order valence-corrected chi connectivity index (χ1v) is 5.16. The smallest absolute Gasteiger partial charge is 0.269 e. The number of fused-ring (bicyclic) bond motifs is 1. The summed E-state index contributed by atoms with van der Waals surface area (Å²) >= 11 is 0. The summed E-state index contributed by atoms with van der Waals surface area (Å²) in [4.78, 5) is 10.3. The van der Waals surface area contributed by atoms with Crippen LogP contribution in [0.3, 0.4) is 0 Å². The Kier molecular flexibility index (Phi) is 2.68. The molecule has 0 fully saturated rings. The third kappa shape index (κ3) is 1.99. The summed E-state index contributed by atoms with van der Waals surface area (Å²) < 4.78 is 0. The van der Waals surface area contributed by atoms with Gasteiger partial charge in [-0.25, -0.2) is 0 Å². The maximum Gasteiger partial charge on any atom is 0.269 e. The number of hydrogen-bond donors (Lipinski definition) is 1. The van der Waals surface area contributed by atoms with Crippen molar-refractivity contribution in [1.29, 1.82) is 0 Å². The Morgan fingerprint density at radius 1 is 1.53 bits per heavy atom. The largest absolute Gasteiger partial charge is 0.316 e. The van der Waals surface area contributed by atoms with Crippen molar-refractivity contribution in [1.82, 2.24) is 5.32 Å². The molecular formula is C11H14N2O2. The zero-order valence-electron chi connectivity index (χ0n) is 8.69. The highest BCUT2D eigenvalue weighted by molar-refractivity contribution is 5.42. The van der Waals surface area contributed by atoms with E-state index in [0.29, 0.717) is 5.92 Å². The van der Waals surface area contributed by atoms with Gasteiger partial charge in [0.25, 0.3) is 5.69 Å². The second-order valence-electron chi connectivity index (χ2n) is 4.00. The molecule has 1 aromatic rings. The Morgan fingerprint density at radius 3 is 3.07 bits per heavy atom. The van der Waals surface area contributed by atoms with Gasteiger partial charge >= 0.3 is 0 Å². The Hall–Kier alpha value is -1.42. The van der Waals surface area contributed by atoms with Crippen molar-refractivity contribution in [3.05, 3.63) is 39.4 Å². The fourth-order valence-electron chi connectivity index (χ4n) is 2.03. The summed E-state index contributed by atoms with van der Waals surface area (Å²) in [6.45, 7) is 3.95. The molecule has 2 rings (SSSR count). The number of hydrogen-bond acceptors (Lipinski definition) is 3. The molecule has 1 unspecified atom stereocenters. The molecule has 4 nitrogen and oxygen atoms in total. The van der Waals surface area contributed by atoms with Crippen LogP contribution in [0.5, 0.6) is 0 Å². The summed E-state index contributed by atoms with van der Waals surface area (Å²) in [5.74, 6) is 0.349. The molecule has 1 aliphatic rings. The fraction of sp³-hybridized carbons (Fsp3) is 0.455. The second-order valence-corrected chi connectivity index (χ2v) is 4.00. The third-order valence-electron chi connectivity index (χ3n) is 2.89. The van der Waals surface area contributed by atoms with Gasteiger partial charge in [-0.05, 0) is 30.0 Å². The summed E-state index contributed by atoms with van der Waals surface area (Å²) in [5.41, 5.74) is 2.55. The molecular weight excluding hydrogens is 192 g/mol. The molecule has 1 N–H and O–H groups in total. The van der Waals surface area contributed by atoms with Crippen LogP contribution < -0.4 is 5.32 Å². The minimum atomic E-state index is -0.328. The molecule has 15 heavy (non-hydrogen) atoms. The summed E-state index contributed by atoms with van der Waals surface area (Å²) in [7, 11) is 0. The number of non-ortho nitro benzene ring substituents is 1. The Bertz CT molecular complexity index is 390. The van der Waals surface area contributed by atoms with Crippen LogP contribution in [0.25, 0.3) is 0 Å². The average molecular weight is 206 g/mol. The Balaban J connectivity index is 2.44. The fourth-order valence-corrected chi connectivity index (χ4v) is 2.03. The highest BCUT2D eigenvalue weighted by Gasteiger charge is 2.17. The Morgan fingerprint density at radius 2 is 2.33 bits per heavy atom. The van der Waals surface area contributed by atoms with Gasteiger partial charge in [0.2, 0.25) is 0 Å². The first-order chi connectivity index (χ1) is 7.18. The summed E-state index contributed by atoms with van der Waals surface area (Å²) in [5, 5.41) is 14.0. The van der Waals surface area contributed by atoms with Crippen molar-refractivity contribution in [3.8, 4) is 0 Å². The zero-order valence-corrected chi connectivity index (χ0v) is 8.69. The molecule has 1 aliphatic heterocycles. The number of nitrogens with zero attached hydrogens (tertiary/aromatic N) is 1. The third-order valence-corrected chi connectivity index (χ3v) is 2.89. The molecule has 0 saturated heterocycles. The summed E-state index contributed by atoms with van der Waals surface area (Å²) in [6, 6.07) is 5.20. The maximum atomic E-state index is 10.7. The molecule has 0 aromatic heterocycles. The van der Waals surface area contributed by atoms with Gasteiger partial charge in [0.1, 0.15) is 0 Å². The van der Waals surface area contributed by atoms with Crippen LogP contribution in [-0.2, 0) is 6.42 Å². The first kappa shape index (κ1) is 10.1. The maximum absolute atomic E-state index is 10.7. The molecule has 4 heteroatoms. The van der Waals surface area contributed by atoms with Gasteiger partial charge in [-0.1, -0.05) is 13.0 Å².